The molecule has 0 aliphatic carbocycles. The summed E-state index contributed by atoms with van der Waals surface area (Å²) in [5, 5.41) is 3.41. The van der Waals surface area contributed by atoms with Crippen molar-refractivity contribution < 1.29 is 4.42 Å². The predicted molar refractivity (Wildman–Crippen MR) is 79.0 cm³/mol. The second-order valence-electron chi connectivity index (χ2n) is 6.06. The fourth-order valence-corrected chi connectivity index (χ4v) is 2.81. The van der Waals surface area contributed by atoms with E-state index in [0.29, 0.717) is 6.04 Å². The number of nitrogens with zero attached hydrogens (tertiary/aromatic N) is 1. The Bertz CT molecular complexity index is 375. The molecular weight excluding hydrogens is 236 g/mol. The van der Waals surface area contributed by atoms with Gasteiger partial charge in [0.05, 0.1) is 12.8 Å². The third-order valence-electron chi connectivity index (χ3n) is 4.07. The summed E-state index contributed by atoms with van der Waals surface area (Å²) in [5.41, 5.74) is 1.26. The van der Waals surface area contributed by atoms with E-state index >= 15 is 0 Å². The highest BCUT2D eigenvalue weighted by Gasteiger charge is 2.23. The van der Waals surface area contributed by atoms with Crippen LogP contribution >= 0.6 is 0 Å². The highest BCUT2D eigenvalue weighted by atomic mass is 16.3. The molecule has 3 nitrogen and oxygen atoms in total. The van der Waals surface area contributed by atoms with E-state index < -0.39 is 0 Å². The van der Waals surface area contributed by atoms with Crippen LogP contribution in [0.25, 0.3) is 0 Å². The van der Waals surface area contributed by atoms with Crippen molar-refractivity contribution in [1.82, 2.24) is 10.2 Å². The van der Waals surface area contributed by atoms with Gasteiger partial charge < -0.3 is 9.73 Å². The van der Waals surface area contributed by atoms with Gasteiger partial charge in [-0.05, 0) is 44.7 Å². The third-order valence-corrected chi connectivity index (χ3v) is 4.07. The van der Waals surface area contributed by atoms with Crippen molar-refractivity contribution in [3.05, 3.63) is 23.7 Å². The number of piperidine rings is 1. The van der Waals surface area contributed by atoms with E-state index in [1.54, 1.807) is 0 Å². The van der Waals surface area contributed by atoms with Gasteiger partial charge in [0.1, 0.15) is 5.76 Å². The predicted octanol–water partition coefficient (Wildman–Crippen LogP) is 3.40. The summed E-state index contributed by atoms with van der Waals surface area (Å²) < 4.78 is 5.70. The van der Waals surface area contributed by atoms with Crippen LogP contribution < -0.4 is 5.32 Å². The highest BCUT2D eigenvalue weighted by Crippen LogP contribution is 2.23. The molecule has 0 bridgehead atoms. The second-order valence-corrected chi connectivity index (χ2v) is 6.06. The first-order chi connectivity index (χ1) is 9.19. The summed E-state index contributed by atoms with van der Waals surface area (Å²) in [6.07, 6.45) is 5.75. The van der Waals surface area contributed by atoms with E-state index in [1.165, 1.54) is 31.4 Å². The minimum Gasteiger partial charge on any atom is -0.468 e. The van der Waals surface area contributed by atoms with Gasteiger partial charge in [0.25, 0.3) is 0 Å². The number of likely N-dealkylation sites (tertiary alicyclic amines) is 1. The molecule has 3 heteroatoms. The Morgan fingerprint density at radius 1 is 1.37 bits per heavy atom. The number of hydrogen-bond donors (Lipinski definition) is 1. The molecule has 1 fully saturated rings. The average molecular weight is 264 g/mol. The Balaban J connectivity index is 1.84. The maximum Gasteiger partial charge on any atom is 0.118 e. The van der Waals surface area contributed by atoms with E-state index in [-0.39, 0.29) is 0 Å². The molecular formula is C16H28N2O. The fourth-order valence-electron chi connectivity index (χ4n) is 2.81. The average Bonchev–Trinajstić information content (AvgIpc) is 2.82. The summed E-state index contributed by atoms with van der Waals surface area (Å²) in [4.78, 5) is 2.55. The Kier molecular flexibility index (Phi) is 5.46. The lowest BCUT2D eigenvalue weighted by atomic mass is 9.95. The summed E-state index contributed by atoms with van der Waals surface area (Å²) in [7, 11) is 0. The van der Waals surface area contributed by atoms with Crippen LogP contribution in [0.4, 0.5) is 0 Å². The smallest absolute Gasteiger partial charge is 0.118 e. The van der Waals surface area contributed by atoms with E-state index in [4.69, 9.17) is 4.42 Å². The molecule has 19 heavy (non-hydrogen) atoms. The van der Waals surface area contributed by atoms with Gasteiger partial charge in [0.15, 0.2) is 0 Å². The monoisotopic (exact) mass is 264 g/mol. The number of nitrogens with one attached hydrogen (secondary N) is 1. The zero-order chi connectivity index (χ0) is 13.7. The van der Waals surface area contributed by atoms with Crippen LogP contribution in [0.2, 0.25) is 0 Å². The first-order valence-electron chi connectivity index (χ1n) is 7.70. The molecule has 0 radical (unpaired) electrons. The van der Waals surface area contributed by atoms with Crippen molar-refractivity contribution in [3.8, 4) is 0 Å². The van der Waals surface area contributed by atoms with Gasteiger partial charge in [0.2, 0.25) is 0 Å². The lowest BCUT2D eigenvalue weighted by Crippen LogP contribution is -2.40. The molecule has 0 saturated carbocycles. The zero-order valence-corrected chi connectivity index (χ0v) is 12.6. The number of furan rings is 1. The Morgan fingerprint density at radius 3 is 3.00 bits per heavy atom. The number of rotatable bonds is 6. The van der Waals surface area contributed by atoms with Crippen LogP contribution in [0.5, 0.6) is 0 Å². The maximum absolute atomic E-state index is 5.70. The van der Waals surface area contributed by atoms with Crippen molar-refractivity contribution in [2.75, 3.05) is 13.1 Å². The zero-order valence-electron chi connectivity index (χ0n) is 12.6. The van der Waals surface area contributed by atoms with E-state index in [1.807, 2.05) is 6.26 Å². The molecule has 108 valence electrons. The summed E-state index contributed by atoms with van der Waals surface area (Å²) >= 11 is 0. The molecule has 1 aromatic heterocycles. The van der Waals surface area contributed by atoms with Gasteiger partial charge in [0, 0.05) is 24.7 Å². The van der Waals surface area contributed by atoms with Gasteiger partial charge in [-0.25, -0.2) is 0 Å². The van der Waals surface area contributed by atoms with Crippen molar-refractivity contribution in [2.24, 2.45) is 5.92 Å². The molecule has 2 heterocycles. The molecule has 1 aromatic rings. The van der Waals surface area contributed by atoms with Crippen LogP contribution in [-0.4, -0.2) is 24.0 Å². The van der Waals surface area contributed by atoms with Crippen LogP contribution in [-0.2, 0) is 13.1 Å². The van der Waals surface area contributed by atoms with Gasteiger partial charge in [-0.2, -0.15) is 0 Å². The van der Waals surface area contributed by atoms with Crippen LogP contribution in [0, 0.1) is 5.92 Å². The molecule has 0 aromatic carbocycles. The Labute approximate surface area is 117 Å². The minimum absolute atomic E-state index is 0.683. The van der Waals surface area contributed by atoms with Crippen molar-refractivity contribution in [1.29, 1.82) is 0 Å². The molecule has 1 N–H and O–H groups in total. The number of hydrogen-bond acceptors (Lipinski definition) is 3. The van der Waals surface area contributed by atoms with Crippen LogP contribution in [0.15, 0.2) is 16.7 Å². The van der Waals surface area contributed by atoms with Crippen LogP contribution in [0.1, 0.15) is 51.4 Å². The molecule has 2 unspecified atom stereocenters. The van der Waals surface area contributed by atoms with E-state index in [0.717, 1.165) is 31.3 Å². The van der Waals surface area contributed by atoms with E-state index in [2.05, 4.69) is 37.1 Å². The SMILES string of the molecule is CCCNCc1coc(CN2CC(C)CCC2C)c1. The third kappa shape index (κ3) is 4.36. The Morgan fingerprint density at radius 2 is 2.21 bits per heavy atom. The molecule has 1 aliphatic rings. The molecule has 0 spiro atoms. The van der Waals surface area contributed by atoms with Gasteiger partial charge in [-0.3, -0.25) is 4.90 Å². The van der Waals surface area contributed by atoms with Gasteiger partial charge in [-0.1, -0.05) is 13.8 Å². The molecule has 1 aliphatic heterocycles. The van der Waals surface area contributed by atoms with Gasteiger partial charge >= 0.3 is 0 Å². The molecule has 2 rings (SSSR count). The summed E-state index contributed by atoms with van der Waals surface area (Å²) in [5.74, 6) is 1.92. The Hall–Kier alpha value is -0.800. The largest absolute Gasteiger partial charge is 0.468 e. The van der Waals surface area contributed by atoms with Crippen LogP contribution in [0.3, 0.4) is 0 Å². The minimum atomic E-state index is 0.683. The van der Waals surface area contributed by atoms with Gasteiger partial charge in [-0.15, -0.1) is 0 Å². The molecule has 2 atom stereocenters. The van der Waals surface area contributed by atoms with E-state index in [9.17, 15) is 0 Å². The fraction of sp³-hybridized carbons (Fsp3) is 0.750. The normalized spacial score (nSPS) is 24.8. The highest BCUT2D eigenvalue weighted by molar-refractivity contribution is 5.12. The lowest BCUT2D eigenvalue weighted by Gasteiger charge is -2.36. The summed E-state index contributed by atoms with van der Waals surface area (Å²) in [6.45, 7) is 11.0. The van der Waals surface area contributed by atoms with Crippen molar-refractivity contribution in [3.63, 3.8) is 0 Å². The topological polar surface area (TPSA) is 28.4 Å². The molecule has 0 amide bonds. The van der Waals surface area contributed by atoms with Crippen molar-refractivity contribution in [2.45, 2.75) is 59.2 Å². The molecule has 1 saturated heterocycles. The summed E-state index contributed by atoms with van der Waals surface area (Å²) in [6, 6.07) is 2.89. The van der Waals surface area contributed by atoms with Crippen molar-refractivity contribution >= 4 is 0 Å². The second kappa shape index (κ2) is 7.11. The first-order valence-corrected chi connectivity index (χ1v) is 7.70. The lowest BCUT2D eigenvalue weighted by molar-refractivity contribution is 0.109. The quantitative estimate of drug-likeness (QED) is 0.798. The maximum atomic E-state index is 5.70. The standard InChI is InChI=1S/C16H28N2O/c1-4-7-17-9-15-8-16(19-12-15)11-18-10-13(2)5-6-14(18)3/h8,12-14,17H,4-7,9-11H2,1-3H3. The first kappa shape index (κ1) is 14.6.